The summed E-state index contributed by atoms with van der Waals surface area (Å²) in [6, 6.07) is 23.5. The zero-order chi connectivity index (χ0) is 20.5. The highest BCUT2D eigenvalue weighted by Gasteiger charge is 2.20. The number of thioether (sulfide) groups is 1. The van der Waals surface area contributed by atoms with E-state index in [1.807, 2.05) is 42.1 Å². The molecular formula is C25H22N2O2S. The number of nitrogens with one attached hydrogen (secondary N) is 1. The molecule has 0 saturated carbocycles. The van der Waals surface area contributed by atoms with E-state index in [4.69, 9.17) is 0 Å². The highest BCUT2D eigenvalue weighted by molar-refractivity contribution is 7.99. The number of hydrogen-bond acceptors (Lipinski definition) is 3. The Morgan fingerprint density at radius 2 is 1.73 bits per heavy atom. The van der Waals surface area contributed by atoms with Gasteiger partial charge in [-0.25, -0.2) is 9.36 Å². The topological polar surface area (TPSA) is 54.9 Å². The van der Waals surface area contributed by atoms with Gasteiger partial charge in [0.1, 0.15) is 0 Å². The fourth-order valence-corrected chi connectivity index (χ4v) is 5.57. The predicted octanol–water partition coefficient (Wildman–Crippen LogP) is 5.24. The van der Waals surface area contributed by atoms with Gasteiger partial charge in [0.15, 0.2) is 0 Å². The van der Waals surface area contributed by atoms with Gasteiger partial charge in [0.05, 0.1) is 16.6 Å². The number of nitrogens with zero attached hydrogens (tertiary/aromatic N) is 1. The molecular weight excluding hydrogens is 392 g/mol. The molecule has 30 heavy (non-hydrogen) atoms. The molecule has 1 heterocycles. The summed E-state index contributed by atoms with van der Waals surface area (Å²) in [7, 11) is 0. The quantitative estimate of drug-likeness (QED) is 0.467. The minimum Gasteiger partial charge on any atom is -0.306 e. The van der Waals surface area contributed by atoms with Crippen LogP contribution in [0.15, 0.2) is 87.3 Å². The first-order chi connectivity index (χ1) is 14.7. The molecule has 1 unspecified atom stereocenters. The summed E-state index contributed by atoms with van der Waals surface area (Å²) >= 11 is 1.82. The van der Waals surface area contributed by atoms with Crippen LogP contribution in [0.1, 0.15) is 35.6 Å². The Labute approximate surface area is 178 Å². The minimum absolute atomic E-state index is 0.295. The van der Waals surface area contributed by atoms with E-state index >= 15 is 0 Å². The van der Waals surface area contributed by atoms with Gasteiger partial charge in [-0.2, -0.15) is 0 Å². The van der Waals surface area contributed by atoms with Crippen LogP contribution in [-0.2, 0) is 6.42 Å². The third-order valence-electron chi connectivity index (χ3n) is 5.72. The van der Waals surface area contributed by atoms with Crippen LogP contribution in [0.5, 0.6) is 0 Å². The third kappa shape index (κ3) is 3.50. The highest BCUT2D eigenvalue weighted by Crippen LogP contribution is 2.42. The van der Waals surface area contributed by atoms with Crippen LogP contribution in [0.4, 0.5) is 0 Å². The van der Waals surface area contributed by atoms with Crippen molar-refractivity contribution in [2.24, 2.45) is 0 Å². The molecule has 4 nitrogen and oxygen atoms in total. The van der Waals surface area contributed by atoms with E-state index in [2.05, 4.69) is 35.3 Å². The third-order valence-corrected chi connectivity index (χ3v) is 7.02. The van der Waals surface area contributed by atoms with E-state index < -0.39 is 5.69 Å². The molecule has 0 aliphatic heterocycles. The molecule has 5 heteroatoms. The zero-order valence-corrected chi connectivity index (χ0v) is 17.3. The number of para-hydroxylation sites is 1. The van der Waals surface area contributed by atoms with Crippen molar-refractivity contribution >= 4 is 22.7 Å². The van der Waals surface area contributed by atoms with Gasteiger partial charge >= 0.3 is 5.69 Å². The SMILES string of the molecule is O=c1[nH]c2ccccc2c(=O)n1-c1cccc(SC2CCCCc3ccccc32)c1. The number of hydrogen-bond donors (Lipinski definition) is 1. The van der Waals surface area contributed by atoms with Crippen molar-refractivity contribution < 1.29 is 0 Å². The van der Waals surface area contributed by atoms with Crippen molar-refractivity contribution in [3.63, 3.8) is 0 Å². The van der Waals surface area contributed by atoms with Crippen LogP contribution in [0, 0.1) is 0 Å². The highest BCUT2D eigenvalue weighted by atomic mass is 32.2. The van der Waals surface area contributed by atoms with Crippen LogP contribution in [-0.4, -0.2) is 9.55 Å². The Bertz CT molecular complexity index is 1340. The molecule has 0 radical (unpaired) electrons. The molecule has 0 spiro atoms. The molecule has 4 aromatic rings. The molecule has 1 aliphatic carbocycles. The second-order valence-corrected chi connectivity index (χ2v) is 8.94. The van der Waals surface area contributed by atoms with Crippen LogP contribution in [0.2, 0.25) is 0 Å². The summed E-state index contributed by atoms with van der Waals surface area (Å²) in [6.45, 7) is 0. The molecule has 1 N–H and O–H groups in total. The predicted molar refractivity (Wildman–Crippen MR) is 123 cm³/mol. The summed E-state index contributed by atoms with van der Waals surface area (Å²) in [5.74, 6) is 0. The molecule has 0 amide bonds. The molecule has 0 bridgehead atoms. The molecule has 3 aromatic carbocycles. The van der Waals surface area contributed by atoms with Crippen molar-refractivity contribution in [2.45, 2.75) is 35.8 Å². The van der Waals surface area contributed by atoms with Crippen LogP contribution in [0.25, 0.3) is 16.6 Å². The van der Waals surface area contributed by atoms with Crippen molar-refractivity contribution in [1.82, 2.24) is 9.55 Å². The van der Waals surface area contributed by atoms with Gasteiger partial charge in [0.2, 0.25) is 0 Å². The first-order valence-electron chi connectivity index (χ1n) is 10.3. The van der Waals surface area contributed by atoms with Gasteiger partial charge in [0.25, 0.3) is 5.56 Å². The van der Waals surface area contributed by atoms with Gasteiger partial charge in [0, 0.05) is 10.1 Å². The number of benzene rings is 3. The van der Waals surface area contributed by atoms with Crippen molar-refractivity contribution in [3.8, 4) is 5.69 Å². The zero-order valence-electron chi connectivity index (χ0n) is 16.5. The maximum atomic E-state index is 13.0. The summed E-state index contributed by atoms with van der Waals surface area (Å²) < 4.78 is 1.23. The number of H-pyrrole nitrogens is 1. The lowest BCUT2D eigenvalue weighted by molar-refractivity contribution is 0.704. The minimum atomic E-state index is -0.416. The van der Waals surface area contributed by atoms with E-state index in [1.54, 1.807) is 12.1 Å². The van der Waals surface area contributed by atoms with Gasteiger partial charge in [-0.3, -0.25) is 4.79 Å². The number of rotatable bonds is 3. The summed E-state index contributed by atoms with van der Waals surface area (Å²) in [5, 5.41) is 0.887. The first-order valence-corrected chi connectivity index (χ1v) is 11.2. The lowest BCUT2D eigenvalue weighted by Crippen LogP contribution is -2.33. The average Bonchev–Trinajstić information content (AvgIpc) is 2.96. The molecule has 1 aromatic heterocycles. The Morgan fingerprint density at radius 3 is 2.67 bits per heavy atom. The van der Waals surface area contributed by atoms with E-state index in [9.17, 15) is 9.59 Å². The second kappa shape index (κ2) is 8.00. The molecule has 0 saturated heterocycles. The van der Waals surface area contributed by atoms with Gasteiger partial charge in [-0.05, 0) is 60.7 Å². The maximum absolute atomic E-state index is 13.0. The molecule has 1 aliphatic rings. The normalized spacial score (nSPS) is 16.2. The van der Waals surface area contributed by atoms with E-state index in [1.165, 1.54) is 28.5 Å². The van der Waals surface area contributed by atoms with E-state index in [0.29, 0.717) is 21.8 Å². The van der Waals surface area contributed by atoms with Crippen molar-refractivity contribution in [3.05, 3.63) is 105 Å². The fourth-order valence-electron chi connectivity index (χ4n) is 4.26. The van der Waals surface area contributed by atoms with Crippen molar-refractivity contribution in [2.75, 3.05) is 0 Å². The molecule has 1 atom stereocenters. The fraction of sp³-hybridized carbons (Fsp3) is 0.200. The molecule has 0 fully saturated rings. The lowest BCUT2D eigenvalue weighted by Gasteiger charge is -2.18. The number of aromatic nitrogens is 2. The van der Waals surface area contributed by atoms with Crippen LogP contribution >= 0.6 is 11.8 Å². The second-order valence-electron chi connectivity index (χ2n) is 7.66. The first kappa shape index (κ1) is 18.9. The number of fused-ring (bicyclic) bond motifs is 2. The van der Waals surface area contributed by atoms with Crippen LogP contribution in [0.3, 0.4) is 0 Å². The largest absolute Gasteiger partial charge is 0.333 e. The number of aryl methyl sites for hydroxylation is 1. The molecule has 150 valence electrons. The maximum Gasteiger partial charge on any atom is 0.333 e. The lowest BCUT2D eigenvalue weighted by atomic mass is 10.0. The Kier molecular flexibility index (Phi) is 5.05. The van der Waals surface area contributed by atoms with Gasteiger partial charge in [-0.15, -0.1) is 11.8 Å². The summed E-state index contributed by atoms with van der Waals surface area (Å²) in [5.41, 5.74) is 3.29. The smallest absolute Gasteiger partial charge is 0.306 e. The Hall–Kier alpha value is -3.05. The van der Waals surface area contributed by atoms with Gasteiger partial charge < -0.3 is 4.98 Å². The Morgan fingerprint density at radius 1 is 0.900 bits per heavy atom. The Balaban J connectivity index is 1.54. The van der Waals surface area contributed by atoms with E-state index in [-0.39, 0.29) is 5.56 Å². The summed E-state index contributed by atoms with van der Waals surface area (Å²) in [6.07, 6.45) is 4.68. The monoisotopic (exact) mass is 414 g/mol. The van der Waals surface area contributed by atoms with E-state index in [0.717, 1.165) is 17.7 Å². The number of aromatic amines is 1. The average molecular weight is 415 g/mol. The van der Waals surface area contributed by atoms with Gasteiger partial charge in [-0.1, -0.05) is 48.9 Å². The van der Waals surface area contributed by atoms with Crippen molar-refractivity contribution in [1.29, 1.82) is 0 Å². The summed E-state index contributed by atoms with van der Waals surface area (Å²) in [4.78, 5) is 29.5. The molecule has 5 rings (SSSR count). The van der Waals surface area contributed by atoms with Crippen LogP contribution < -0.4 is 11.2 Å². The standard InChI is InChI=1S/C25H22N2O2S/c28-24-21-13-4-5-14-22(21)26-25(29)27(24)18-10-7-11-19(16-18)30-23-15-6-2-9-17-8-1-3-12-20(17)23/h1,3-5,7-8,10-14,16,23H,2,6,9,15H2,(H,26,29).